The molecule has 10 heteroatoms. The molecule has 2 fully saturated rings. The maximum Gasteiger partial charge on any atom is 0.264 e. The van der Waals surface area contributed by atoms with E-state index in [1.807, 2.05) is 27.7 Å². The van der Waals surface area contributed by atoms with Gasteiger partial charge in [0, 0.05) is 17.6 Å². The number of carbonyl (C=O) groups excluding carboxylic acids is 1. The van der Waals surface area contributed by atoms with E-state index < -0.39 is 32.4 Å². The minimum Gasteiger partial charge on any atom is -0.321 e. The van der Waals surface area contributed by atoms with Gasteiger partial charge in [-0.05, 0) is 67.2 Å². The second-order valence-corrected chi connectivity index (χ2v) is 11.2. The first kappa shape index (κ1) is 22.5. The zero-order valence-corrected chi connectivity index (χ0v) is 17.9. The van der Waals surface area contributed by atoms with Gasteiger partial charge in [-0.15, -0.1) is 0 Å². The first-order valence-corrected chi connectivity index (χ1v) is 10.8. The molecule has 2 saturated heterocycles. The number of unbranched alkanes of at least 4 members (excludes halogenated alkanes) is 1. The van der Waals surface area contributed by atoms with Crippen LogP contribution in [0.2, 0.25) is 0 Å². The Morgan fingerprint density at radius 2 is 1.41 bits per heavy atom. The standard InChI is InChI=1S/C17H33N3O6S/c1-14(2)11-17(12-15(3,4)19(14)22)13(21)18(16(5,6)20(17)23)9-7-8-10-27(24,25)26/h22-23H,7-12H2,1-6H3,(H,24,25,26). The van der Waals surface area contributed by atoms with Crippen molar-refractivity contribution in [2.75, 3.05) is 12.3 Å². The molecular formula is C17H33N3O6S. The summed E-state index contributed by atoms with van der Waals surface area (Å²) in [5.41, 5.74) is -3.59. The molecule has 2 rings (SSSR count). The lowest BCUT2D eigenvalue weighted by Gasteiger charge is -2.55. The number of rotatable bonds is 5. The molecule has 9 nitrogen and oxygen atoms in total. The minimum absolute atomic E-state index is 0.221. The molecule has 1 amide bonds. The van der Waals surface area contributed by atoms with E-state index in [9.17, 15) is 23.6 Å². The van der Waals surface area contributed by atoms with Gasteiger partial charge >= 0.3 is 0 Å². The summed E-state index contributed by atoms with van der Waals surface area (Å²) in [5.74, 6) is -0.584. The number of piperidine rings is 1. The molecule has 0 atom stereocenters. The molecule has 0 aromatic rings. The number of hydroxylamine groups is 4. The molecule has 2 heterocycles. The molecule has 0 unspecified atom stereocenters. The Kier molecular flexibility index (Phi) is 5.53. The molecular weight excluding hydrogens is 374 g/mol. The summed E-state index contributed by atoms with van der Waals surface area (Å²) in [4.78, 5) is 15.0. The van der Waals surface area contributed by atoms with Crippen LogP contribution >= 0.6 is 0 Å². The Labute approximate surface area is 161 Å². The van der Waals surface area contributed by atoms with Gasteiger partial charge in [-0.25, -0.2) is 0 Å². The van der Waals surface area contributed by atoms with E-state index in [4.69, 9.17) is 4.55 Å². The molecule has 158 valence electrons. The Bertz CT molecular complexity index is 685. The lowest BCUT2D eigenvalue weighted by molar-refractivity contribution is -0.296. The van der Waals surface area contributed by atoms with Gasteiger partial charge in [0.05, 0.1) is 5.75 Å². The Morgan fingerprint density at radius 1 is 0.926 bits per heavy atom. The zero-order valence-electron chi connectivity index (χ0n) is 17.1. The monoisotopic (exact) mass is 407 g/mol. The van der Waals surface area contributed by atoms with E-state index in [1.165, 1.54) is 5.06 Å². The molecule has 0 bridgehead atoms. The third-order valence-corrected chi connectivity index (χ3v) is 6.66. The van der Waals surface area contributed by atoms with E-state index >= 15 is 0 Å². The quantitative estimate of drug-likeness (QED) is 0.465. The van der Waals surface area contributed by atoms with Gasteiger partial charge in [-0.2, -0.15) is 18.5 Å². The lowest BCUT2D eigenvalue weighted by atomic mass is 9.70. The fraction of sp³-hybridized carbons (Fsp3) is 0.941. The van der Waals surface area contributed by atoms with Crippen LogP contribution in [0.3, 0.4) is 0 Å². The average molecular weight is 408 g/mol. The van der Waals surface area contributed by atoms with Crippen LogP contribution in [0.15, 0.2) is 0 Å². The summed E-state index contributed by atoms with van der Waals surface area (Å²) >= 11 is 0. The molecule has 1 spiro atoms. The van der Waals surface area contributed by atoms with E-state index in [2.05, 4.69) is 0 Å². The van der Waals surface area contributed by atoms with Crippen molar-refractivity contribution < 1.29 is 28.2 Å². The average Bonchev–Trinajstić information content (AvgIpc) is 2.60. The summed E-state index contributed by atoms with van der Waals surface area (Å²) in [6.07, 6.45) is 1.11. The van der Waals surface area contributed by atoms with Crippen LogP contribution in [0.1, 0.15) is 67.2 Å². The predicted octanol–water partition coefficient (Wildman–Crippen LogP) is 1.70. The lowest BCUT2D eigenvalue weighted by Crippen LogP contribution is -2.69. The highest BCUT2D eigenvalue weighted by molar-refractivity contribution is 7.85. The second kappa shape index (κ2) is 6.64. The van der Waals surface area contributed by atoms with Crippen LogP contribution in [-0.4, -0.2) is 78.9 Å². The molecule has 2 aliphatic heterocycles. The smallest absolute Gasteiger partial charge is 0.264 e. The Hall–Kier alpha value is -0.780. The van der Waals surface area contributed by atoms with Gasteiger partial charge in [-0.1, -0.05) is 0 Å². The van der Waals surface area contributed by atoms with Crippen LogP contribution < -0.4 is 0 Å². The largest absolute Gasteiger partial charge is 0.321 e. The summed E-state index contributed by atoms with van der Waals surface area (Å²) < 4.78 is 30.6. The summed E-state index contributed by atoms with van der Waals surface area (Å²) in [7, 11) is -4.03. The maximum atomic E-state index is 13.4. The second-order valence-electron chi connectivity index (χ2n) is 9.58. The molecule has 0 radical (unpaired) electrons. The topological polar surface area (TPSA) is 122 Å². The first-order valence-electron chi connectivity index (χ1n) is 9.23. The van der Waals surface area contributed by atoms with Gasteiger partial charge in [-0.3, -0.25) is 9.35 Å². The van der Waals surface area contributed by atoms with Crippen LogP contribution in [-0.2, 0) is 14.9 Å². The molecule has 3 N–H and O–H groups in total. The van der Waals surface area contributed by atoms with Crippen molar-refractivity contribution in [2.24, 2.45) is 0 Å². The Morgan fingerprint density at radius 3 is 1.85 bits per heavy atom. The Balaban J connectivity index is 2.28. The van der Waals surface area contributed by atoms with Crippen LogP contribution in [0, 0.1) is 0 Å². The normalized spacial score (nSPS) is 27.4. The number of nitrogens with zero attached hydrogens (tertiary/aromatic N) is 3. The third kappa shape index (κ3) is 3.88. The van der Waals surface area contributed by atoms with E-state index in [0.717, 1.165) is 5.06 Å². The number of amides is 1. The summed E-state index contributed by atoms with van der Waals surface area (Å²) in [6, 6.07) is 0. The molecule has 0 aliphatic carbocycles. The van der Waals surface area contributed by atoms with Crippen molar-refractivity contribution >= 4 is 16.0 Å². The first-order chi connectivity index (χ1) is 12.0. The van der Waals surface area contributed by atoms with E-state index in [1.54, 1.807) is 18.7 Å². The molecule has 0 saturated carbocycles. The fourth-order valence-electron chi connectivity index (χ4n) is 4.92. The molecule has 2 aliphatic rings. The predicted molar refractivity (Wildman–Crippen MR) is 98.8 cm³/mol. The maximum absolute atomic E-state index is 13.4. The van der Waals surface area contributed by atoms with Gasteiger partial charge in [0.25, 0.3) is 10.1 Å². The van der Waals surface area contributed by atoms with E-state index in [0.29, 0.717) is 6.42 Å². The number of carbonyl (C=O) groups is 1. The van der Waals surface area contributed by atoms with Crippen LogP contribution in [0.25, 0.3) is 0 Å². The van der Waals surface area contributed by atoms with Gasteiger partial charge in [0.15, 0.2) is 0 Å². The highest BCUT2D eigenvalue weighted by atomic mass is 32.2. The summed E-state index contributed by atoms with van der Waals surface area (Å²) in [6.45, 7) is 11.1. The number of hydrogen-bond acceptors (Lipinski definition) is 7. The van der Waals surface area contributed by atoms with Crippen molar-refractivity contribution in [2.45, 2.75) is 89.5 Å². The van der Waals surface area contributed by atoms with Crippen LogP contribution in [0.4, 0.5) is 0 Å². The van der Waals surface area contributed by atoms with Crippen molar-refractivity contribution in [1.29, 1.82) is 0 Å². The molecule has 0 aromatic heterocycles. The van der Waals surface area contributed by atoms with Crippen LogP contribution in [0.5, 0.6) is 0 Å². The van der Waals surface area contributed by atoms with Gasteiger partial charge in [0.2, 0.25) is 5.91 Å². The van der Waals surface area contributed by atoms with Crippen molar-refractivity contribution in [3.8, 4) is 0 Å². The van der Waals surface area contributed by atoms with E-state index in [-0.39, 0.29) is 37.5 Å². The molecule has 27 heavy (non-hydrogen) atoms. The minimum atomic E-state index is -4.03. The van der Waals surface area contributed by atoms with Crippen molar-refractivity contribution in [3.05, 3.63) is 0 Å². The van der Waals surface area contributed by atoms with Gasteiger partial charge in [0.1, 0.15) is 11.2 Å². The van der Waals surface area contributed by atoms with Gasteiger partial charge < -0.3 is 15.3 Å². The summed E-state index contributed by atoms with van der Waals surface area (Å²) in [5, 5.41) is 24.0. The SMILES string of the molecule is CC1(C)CC2(CC(C)(C)N1O)C(=O)N(CCCCS(=O)(=O)O)C(C)(C)N2O. The number of hydrogen-bond donors (Lipinski definition) is 3. The third-order valence-electron chi connectivity index (χ3n) is 5.86. The zero-order chi connectivity index (χ0) is 21.1. The highest BCUT2D eigenvalue weighted by Gasteiger charge is 2.67. The van der Waals surface area contributed by atoms with Crippen molar-refractivity contribution in [3.63, 3.8) is 0 Å². The fourth-order valence-corrected chi connectivity index (χ4v) is 5.49. The van der Waals surface area contributed by atoms with Crippen molar-refractivity contribution in [1.82, 2.24) is 15.0 Å². The highest BCUT2D eigenvalue weighted by Crippen LogP contribution is 2.51. The molecule has 0 aromatic carbocycles.